The van der Waals surface area contributed by atoms with E-state index in [0.717, 1.165) is 19.5 Å². The maximum absolute atomic E-state index is 12.5. The fourth-order valence-corrected chi connectivity index (χ4v) is 3.85. The summed E-state index contributed by atoms with van der Waals surface area (Å²) in [6.45, 7) is 8.68. The Kier molecular flexibility index (Phi) is 4.51. The number of nitrogens with zero attached hydrogens (tertiary/aromatic N) is 1. The molecule has 3 aliphatic heterocycles. The number of ether oxygens (including phenoxy) is 3. The maximum Gasteiger partial charge on any atom is 0.410 e. The number of hydrogen-bond acceptors (Lipinski definition) is 6. The Morgan fingerprint density at radius 2 is 1.96 bits per heavy atom. The van der Waals surface area contributed by atoms with Gasteiger partial charge in [0.2, 0.25) is 0 Å². The second kappa shape index (κ2) is 6.19. The third-order valence-electron chi connectivity index (χ3n) is 5.17. The number of fused-ring (bicyclic) bond motifs is 1. The highest BCUT2D eigenvalue weighted by Crippen LogP contribution is 2.47. The number of carbonyl (C=O) groups excluding carboxylic acids is 2. The minimum Gasteiger partial charge on any atom is -0.465 e. The molecule has 3 saturated heterocycles. The second-order valence-corrected chi connectivity index (χ2v) is 8.37. The van der Waals surface area contributed by atoms with E-state index in [-0.39, 0.29) is 35.4 Å². The highest BCUT2D eigenvalue weighted by Gasteiger charge is 2.58. The van der Waals surface area contributed by atoms with Gasteiger partial charge in [0.15, 0.2) is 0 Å². The first-order chi connectivity index (χ1) is 11.2. The monoisotopic (exact) mass is 340 g/mol. The zero-order valence-corrected chi connectivity index (χ0v) is 15.0. The van der Waals surface area contributed by atoms with Crippen molar-refractivity contribution in [2.45, 2.75) is 38.8 Å². The predicted octanol–water partition coefficient (Wildman–Crippen LogP) is 1.02. The fraction of sp³-hybridized carbons (Fsp3) is 0.882. The van der Waals surface area contributed by atoms with Gasteiger partial charge in [0.25, 0.3) is 0 Å². The third kappa shape index (κ3) is 3.24. The molecule has 1 N–H and O–H groups in total. The normalized spacial score (nSPS) is 30.3. The summed E-state index contributed by atoms with van der Waals surface area (Å²) in [5.74, 6) is -0.192. The molecule has 1 aliphatic carbocycles. The van der Waals surface area contributed by atoms with Crippen molar-refractivity contribution >= 4 is 12.1 Å². The van der Waals surface area contributed by atoms with Crippen molar-refractivity contribution in [3.63, 3.8) is 0 Å². The topological polar surface area (TPSA) is 77.1 Å². The summed E-state index contributed by atoms with van der Waals surface area (Å²) in [7, 11) is 1.66. The van der Waals surface area contributed by atoms with E-state index in [1.807, 2.05) is 20.8 Å². The number of hydrogen-bond donors (Lipinski definition) is 1. The first-order valence-corrected chi connectivity index (χ1v) is 8.61. The lowest BCUT2D eigenvalue weighted by Crippen LogP contribution is -2.59. The van der Waals surface area contributed by atoms with E-state index in [2.05, 4.69) is 5.32 Å². The number of nitrogens with one attached hydrogen (secondary N) is 1. The number of methoxy groups -OCH3 is 1. The SMILES string of the molecule is COCC1(COC(=O)C2C3CC2N(C(=O)OC(C)(C)C)C3)CNC1. The summed E-state index contributed by atoms with van der Waals surface area (Å²) in [5.41, 5.74) is -0.623. The molecular weight excluding hydrogens is 312 g/mol. The summed E-state index contributed by atoms with van der Waals surface area (Å²) in [6.07, 6.45) is 0.536. The first kappa shape index (κ1) is 17.5. The zero-order valence-electron chi connectivity index (χ0n) is 15.0. The smallest absolute Gasteiger partial charge is 0.410 e. The predicted molar refractivity (Wildman–Crippen MR) is 86.5 cm³/mol. The Bertz CT molecular complexity index is 512. The molecule has 4 fully saturated rings. The molecule has 0 aromatic rings. The Labute approximate surface area is 143 Å². The number of carbonyl (C=O) groups is 2. The Hall–Kier alpha value is -1.34. The standard InChI is InChI=1S/C17H28N2O5/c1-16(2,3)24-15(21)19-6-11-5-12(19)13(11)14(20)23-10-17(9-22-4)7-18-8-17/h11-13,18H,5-10H2,1-4H3. The molecule has 1 amide bonds. The molecule has 0 spiro atoms. The third-order valence-corrected chi connectivity index (χ3v) is 5.17. The number of amides is 1. The van der Waals surface area contributed by atoms with Crippen LogP contribution in [0.2, 0.25) is 0 Å². The molecule has 0 aromatic heterocycles. The van der Waals surface area contributed by atoms with Gasteiger partial charge in [-0.3, -0.25) is 4.79 Å². The quantitative estimate of drug-likeness (QED) is 0.753. The van der Waals surface area contributed by atoms with Gasteiger partial charge in [0.05, 0.1) is 17.9 Å². The van der Waals surface area contributed by atoms with Gasteiger partial charge in [-0.15, -0.1) is 0 Å². The van der Waals surface area contributed by atoms with E-state index in [1.165, 1.54) is 0 Å². The minimum absolute atomic E-state index is 0.0739. The summed E-state index contributed by atoms with van der Waals surface area (Å²) < 4.78 is 16.2. The highest BCUT2D eigenvalue weighted by atomic mass is 16.6. The lowest BCUT2D eigenvalue weighted by molar-refractivity contribution is -0.161. The van der Waals surface area contributed by atoms with Gasteiger partial charge in [0, 0.05) is 32.8 Å². The van der Waals surface area contributed by atoms with Crippen molar-refractivity contribution in [2.24, 2.45) is 17.3 Å². The van der Waals surface area contributed by atoms with Gasteiger partial charge in [-0.2, -0.15) is 0 Å². The number of rotatable bonds is 5. The van der Waals surface area contributed by atoms with Crippen LogP contribution < -0.4 is 5.32 Å². The van der Waals surface area contributed by atoms with E-state index in [4.69, 9.17) is 14.2 Å². The molecule has 0 aromatic carbocycles. The molecule has 1 saturated carbocycles. The van der Waals surface area contributed by atoms with Crippen molar-refractivity contribution in [1.29, 1.82) is 0 Å². The Morgan fingerprint density at radius 3 is 2.50 bits per heavy atom. The molecule has 7 nitrogen and oxygen atoms in total. The largest absolute Gasteiger partial charge is 0.465 e. The molecule has 3 atom stereocenters. The fourth-order valence-electron chi connectivity index (χ4n) is 3.85. The molecule has 4 aliphatic rings. The summed E-state index contributed by atoms with van der Waals surface area (Å²) >= 11 is 0. The van der Waals surface area contributed by atoms with Gasteiger partial charge in [-0.05, 0) is 33.1 Å². The zero-order chi connectivity index (χ0) is 17.5. The Morgan fingerprint density at radius 1 is 1.25 bits per heavy atom. The molecule has 0 radical (unpaired) electrons. The number of esters is 1. The van der Waals surface area contributed by atoms with Crippen LogP contribution in [0.1, 0.15) is 27.2 Å². The molecule has 3 heterocycles. The van der Waals surface area contributed by atoms with E-state index in [1.54, 1.807) is 12.0 Å². The minimum atomic E-state index is -0.524. The van der Waals surface area contributed by atoms with Gasteiger partial charge in [0.1, 0.15) is 12.2 Å². The average Bonchev–Trinajstić information content (AvgIpc) is 2.99. The van der Waals surface area contributed by atoms with Crippen LogP contribution in [0.3, 0.4) is 0 Å². The van der Waals surface area contributed by atoms with Crippen molar-refractivity contribution in [1.82, 2.24) is 10.2 Å². The van der Waals surface area contributed by atoms with Gasteiger partial charge < -0.3 is 24.4 Å². The summed E-state index contributed by atoms with van der Waals surface area (Å²) in [5, 5.41) is 3.20. The van der Waals surface area contributed by atoms with Gasteiger partial charge >= 0.3 is 12.1 Å². The van der Waals surface area contributed by atoms with Crippen LogP contribution in [-0.2, 0) is 19.0 Å². The van der Waals surface area contributed by atoms with Crippen LogP contribution in [0.25, 0.3) is 0 Å². The lowest BCUT2D eigenvalue weighted by atomic mass is 9.74. The van der Waals surface area contributed by atoms with Crippen LogP contribution >= 0.6 is 0 Å². The van der Waals surface area contributed by atoms with E-state index < -0.39 is 5.60 Å². The van der Waals surface area contributed by atoms with E-state index >= 15 is 0 Å². The van der Waals surface area contributed by atoms with Crippen molar-refractivity contribution in [3.8, 4) is 0 Å². The van der Waals surface area contributed by atoms with Crippen LogP contribution in [0, 0.1) is 17.3 Å². The molecule has 7 heteroatoms. The van der Waals surface area contributed by atoms with Gasteiger partial charge in [-0.1, -0.05) is 0 Å². The van der Waals surface area contributed by atoms with Crippen LogP contribution in [0.5, 0.6) is 0 Å². The van der Waals surface area contributed by atoms with E-state index in [9.17, 15) is 9.59 Å². The highest BCUT2D eigenvalue weighted by molar-refractivity contribution is 5.79. The average molecular weight is 340 g/mol. The molecular formula is C17H28N2O5. The molecule has 2 bridgehead atoms. The molecule has 4 rings (SSSR count). The molecule has 24 heavy (non-hydrogen) atoms. The summed E-state index contributed by atoms with van der Waals surface area (Å²) in [6, 6.07) is -0.0739. The first-order valence-electron chi connectivity index (χ1n) is 8.61. The van der Waals surface area contributed by atoms with Crippen molar-refractivity contribution in [2.75, 3.05) is 40.0 Å². The van der Waals surface area contributed by atoms with Crippen LogP contribution in [-0.4, -0.2) is 68.6 Å². The van der Waals surface area contributed by atoms with Crippen LogP contribution in [0.15, 0.2) is 0 Å². The van der Waals surface area contributed by atoms with Crippen molar-refractivity contribution < 1.29 is 23.8 Å². The summed E-state index contributed by atoms with van der Waals surface area (Å²) in [4.78, 5) is 26.4. The Balaban J connectivity index is 1.52. The second-order valence-electron chi connectivity index (χ2n) is 8.37. The van der Waals surface area contributed by atoms with Gasteiger partial charge in [-0.25, -0.2) is 4.79 Å². The molecule has 136 valence electrons. The lowest BCUT2D eigenvalue weighted by Gasteiger charge is -2.42. The maximum atomic E-state index is 12.5. The van der Waals surface area contributed by atoms with Crippen LogP contribution in [0.4, 0.5) is 4.79 Å². The van der Waals surface area contributed by atoms with Crippen molar-refractivity contribution in [3.05, 3.63) is 0 Å². The molecule has 3 unspecified atom stereocenters. The van der Waals surface area contributed by atoms with E-state index in [0.29, 0.717) is 19.8 Å².